The van der Waals surface area contributed by atoms with E-state index in [-0.39, 0.29) is 24.3 Å². The number of hydrogen-bond donors (Lipinski definition) is 1. The Labute approximate surface area is 154 Å². The van der Waals surface area contributed by atoms with Crippen LogP contribution in [0.2, 0.25) is 0 Å². The van der Waals surface area contributed by atoms with E-state index in [1.165, 1.54) is 0 Å². The Bertz CT molecular complexity index is 609. The fourth-order valence-corrected chi connectivity index (χ4v) is 3.48. The summed E-state index contributed by atoms with van der Waals surface area (Å²) in [6.45, 7) is 7.05. The molecule has 2 aliphatic rings. The average molecular weight is 364 g/mol. The molecule has 3 rings (SSSR count). The van der Waals surface area contributed by atoms with Crippen LogP contribution in [0.4, 0.5) is 4.79 Å². The molecule has 2 amide bonds. The molecule has 1 aromatic rings. The van der Waals surface area contributed by atoms with Crippen LogP contribution in [-0.2, 0) is 25.5 Å². The van der Waals surface area contributed by atoms with Crippen LogP contribution < -0.4 is 5.32 Å². The van der Waals surface area contributed by atoms with Crippen LogP contribution in [0.15, 0.2) is 30.3 Å². The fourth-order valence-electron chi connectivity index (χ4n) is 3.48. The zero-order chi connectivity index (χ0) is 18.7. The van der Waals surface area contributed by atoms with Crippen LogP contribution in [0.1, 0.15) is 26.3 Å². The molecule has 2 heterocycles. The molecular formula is C19H28N2O5. The Hall–Kier alpha value is -1.67. The van der Waals surface area contributed by atoms with Gasteiger partial charge < -0.3 is 29.2 Å². The SMILES string of the molecule is CCNC(=O)N(Cc1ccccc1)C[C@H]1O[C@@H]2OC(C)(C)O[C@@H]2[C@H]1OC. The number of nitrogens with zero attached hydrogens (tertiary/aromatic N) is 1. The van der Waals surface area contributed by atoms with Gasteiger partial charge >= 0.3 is 6.03 Å². The first kappa shape index (κ1) is 19.1. The van der Waals surface area contributed by atoms with Crippen LogP contribution >= 0.6 is 0 Å². The molecule has 0 saturated carbocycles. The number of benzene rings is 1. The van der Waals surface area contributed by atoms with Gasteiger partial charge in [-0.15, -0.1) is 0 Å². The summed E-state index contributed by atoms with van der Waals surface area (Å²) in [6, 6.07) is 9.75. The summed E-state index contributed by atoms with van der Waals surface area (Å²) in [7, 11) is 1.63. The smallest absolute Gasteiger partial charge is 0.317 e. The van der Waals surface area contributed by atoms with Gasteiger partial charge in [-0.3, -0.25) is 0 Å². The number of nitrogens with one attached hydrogen (secondary N) is 1. The minimum Gasteiger partial charge on any atom is -0.376 e. The Morgan fingerprint density at radius 3 is 2.65 bits per heavy atom. The van der Waals surface area contributed by atoms with E-state index in [2.05, 4.69) is 5.32 Å². The summed E-state index contributed by atoms with van der Waals surface area (Å²) < 4.78 is 23.4. The Morgan fingerprint density at radius 2 is 2.00 bits per heavy atom. The highest BCUT2D eigenvalue weighted by Gasteiger charge is 2.55. The van der Waals surface area contributed by atoms with E-state index in [0.29, 0.717) is 19.6 Å². The van der Waals surface area contributed by atoms with E-state index >= 15 is 0 Å². The van der Waals surface area contributed by atoms with E-state index in [4.69, 9.17) is 18.9 Å². The maximum atomic E-state index is 12.5. The van der Waals surface area contributed by atoms with Crippen LogP contribution in [0, 0.1) is 0 Å². The van der Waals surface area contributed by atoms with Gasteiger partial charge in [0.25, 0.3) is 0 Å². The Kier molecular flexibility index (Phi) is 5.82. The molecule has 0 unspecified atom stereocenters. The van der Waals surface area contributed by atoms with Crippen LogP contribution in [0.5, 0.6) is 0 Å². The highest BCUT2D eigenvalue weighted by atomic mass is 16.8. The second kappa shape index (κ2) is 7.92. The van der Waals surface area contributed by atoms with Crippen molar-refractivity contribution in [3.63, 3.8) is 0 Å². The lowest BCUT2D eigenvalue weighted by molar-refractivity contribution is -0.217. The number of methoxy groups -OCH3 is 1. The van der Waals surface area contributed by atoms with Crippen molar-refractivity contribution in [2.45, 2.75) is 57.7 Å². The predicted molar refractivity (Wildman–Crippen MR) is 95.4 cm³/mol. The van der Waals surface area contributed by atoms with Gasteiger partial charge in [0.15, 0.2) is 12.1 Å². The van der Waals surface area contributed by atoms with E-state index < -0.39 is 12.1 Å². The molecule has 0 aromatic heterocycles. The van der Waals surface area contributed by atoms with E-state index in [0.717, 1.165) is 5.56 Å². The van der Waals surface area contributed by atoms with Crippen LogP contribution in [0.25, 0.3) is 0 Å². The first-order chi connectivity index (χ1) is 12.4. The van der Waals surface area contributed by atoms with Crippen molar-refractivity contribution in [2.24, 2.45) is 0 Å². The molecular weight excluding hydrogens is 336 g/mol. The highest BCUT2D eigenvalue weighted by Crippen LogP contribution is 2.38. The molecule has 4 atom stereocenters. The summed E-state index contributed by atoms with van der Waals surface area (Å²) in [5.41, 5.74) is 1.06. The van der Waals surface area contributed by atoms with Crippen LogP contribution in [0.3, 0.4) is 0 Å². The number of ether oxygens (including phenoxy) is 4. The number of urea groups is 1. The fraction of sp³-hybridized carbons (Fsp3) is 0.632. The molecule has 7 nitrogen and oxygen atoms in total. The average Bonchev–Trinajstić information content (AvgIpc) is 3.06. The van der Waals surface area contributed by atoms with Crippen molar-refractivity contribution in [2.75, 3.05) is 20.2 Å². The van der Waals surface area contributed by atoms with Crippen molar-refractivity contribution < 1.29 is 23.7 Å². The van der Waals surface area contributed by atoms with Gasteiger partial charge in [0.05, 0.1) is 6.54 Å². The molecule has 0 radical (unpaired) electrons. The molecule has 144 valence electrons. The zero-order valence-corrected chi connectivity index (χ0v) is 15.8. The number of carbonyl (C=O) groups is 1. The van der Waals surface area contributed by atoms with Crippen molar-refractivity contribution in [1.29, 1.82) is 0 Å². The number of hydrogen-bond acceptors (Lipinski definition) is 5. The van der Waals surface area contributed by atoms with Gasteiger partial charge in [-0.05, 0) is 26.3 Å². The third kappa shape index (κ3) is 4.17. The van der Waals surface area contributed by atoms with Gasteiger partial charge in [0, 0.05) is 20.2 Å². The summed E-state index contributed by atoms with van der Waals surface area (Å²) in [5, 5.41) is 2.86. The van der Waals surface area contributed by atoms with Crippen molar-refractivity contribution >= 4 is 6.03 Å². The number of amides is 2. The molecule has 7 heteroatoms. The molecule has 1 N–H and O–H groups in total. The molecule has 0 bridgehead atoms. The standard InChI is InChI=1S/C19H28N2O5/c1-5-20-18(22)21(11-13-9-7-6-8-10-13)12-14-15(23-4)16-17(24-14)26-19(2,3)25-16/h6-10,14-17H,5,11-12H2,1-4H3,(H,20,22)/t14-,15+,16-,17-/m1/s1. The van der Waals surface area contributed by atoms with Crippen molar-refractivity contribution in [3.8, 4) is 0 Å². The topological polar surface area (TPSA) is 69.3 Å². The van der Waals surface area contributed by atoms with E-state index in [1.54, 1.807) is 12.0 Å². The van der Waals surface area contributed by atoms with Crippen molar-refractivity contribution in [3.05, 3.63) is 35.9 Å². The summed E-state index contributed by atoms with van der Waals surface area (Å²) >= 11 is 0. The molecule has 2 saturated heterocycles. The predicted octanol–water partition coefficient (Wildman–Crippen LogP) is 2.11. The maximum Gasteiger partial charge on any atom is 0.317 e. The van der Waals surface area contributed by atoms with Gasteiger partial charge in [-0.1, -0.05) is 30.3 Å². The Balaban J connectivity index is 1.71. The summed E-state index contributed by atoms with van der Waals surface area (Å²) in [4.78, 5) is 14.3. The Morgan fingerprint density at radius 1 is 1.27 bits per heavy atom. The highest BCUT2D eigenvalue weighted by molar-refractivity contribution is 5.74. The maximum absolute atomic E-state index is 12.5. The number of fused-ring (bicyclic) bond motifs is 1. The lowest BCUT2D eigenvalue weighted by Crippen LogP contribution is -2.47. The van der Waals surface area contributed by atoms with E-state index in [9.17, 15) is 4.79 Å². The van der Waals surface area contributed by atoms with Gasteiger partial charge in [0.2, 0.25) is 0 Å². The molecule has 0 spiro atoms. The number of rotatable bonds is 6. The summed E-state index contributed by atoms with van der Waals surface area (Å²) in [6.07, 6.45) is -1.40. The summed E-state index contributed by atoms with van der Waals surface area (Å²) in [5.74, 6) is -0.694. The molecule has 1 aromatic carbocycles. The molecule has 2 fully saturated rings. The van der Waals surface area contributed by atoms with Gasteiger partial charge in [0.1, 0.15) is 18.3 Å². The quantitative estimate of drug-likeness (QED) is 0.837. The van der Waals surface area contributed by atoms with Gasteiger partial charge in [-0.25, -0.2) is 4.79 Å². The van der Waals surface area contributed by atoms with Crippen LogP contribution in [-0.4, -0.2) is 61.5 Å². The third-order valence-corrected chi connectivity index (χ3v) is 4.59. The molecule has 2 aliphatic heterocycles. The molecule has 26 heavy (non-hydrogen) atoms. The number of carbonyl (C=O) groups excluding carboxylic acids is 1. The monoisotopic (exact) mass is 364 g/mol. The third-order valence-electron chi connectivity index (χ3n) is 4.59. The minimum atomic E-state index is -0.694. The van der Waals surface area contributed by atoms with E-state index in [1.807, 2.05) is 51.1 Å². The van der Waals surface area contributed by atoms with Gasteiger partial charge in [-0.2, -0.15) is 0 Å². The largest absolute Gasteiger partial charge is 0.376 e. The first-order valence-electron chi connectivity index (χ1n) is 9.04. The minimum absolute atomic E-state index is 0.131. The van der Waals surface area contributed by atoms with Crippen molar-refractivity contribution in [1.82, 2.24) is 10.2 Å². The second-order valence-electron chi connectivity index (χ2n) is 7.04. The first-order valence-corrected chi connectivity index (χ1v) is 9.04. The second-order valence-corrected chi connectivity index (χ2v) is 7.04. The lowest BCUT2D eigenvalue weighted by atomic mass is 10.1. The lowest BCUT2D eigenvalue weighted by Gasteiger charge is -2.30. The zero-order valence-electron chi connectivity index (χ0n) is 15.8. The molecule has 0 aliphatic carbocycles. The normalized spacial score (nSPS) is 29.4.